The molecule has 0 radical (unpaired) electrons. The second kappa shape index (κ2) is 3.57. The molecule has 1 heteroatoms. The lowest BCUT2D eigenvalue weighted by Crippen LogP contribution is -2.29. The maximum atomic E-state index is 2.53. The van der Waals surface area contributed by atoms with Crippen molar-refractivity contribution in [1.82, 2.24) is 4.90 Å². The van der Waals surface area contributed by atoms with E-state index in [4.69, 9.17) is 0 Å². The van der Waals surface area contributed by atoms with Gasteiger partial charge in [-0.05, 0) is 25.3 Å². The maximum Gasteiger partial charge on any atom is 0.0118 e. The van der Waals surface area contributed by atoms with Gasteiger partial charge in [-0.3, -0.25) is 0 Å². The lowest BCUT2D eigenvalue weighted by molar-refractivity contribution is 0.249. The molecule has 1 aliphatic rings. The van der Waals surface area contributed by atoms with E-state index >= 15 is 0 Å². The molecule has 0 amide bonds. The van der Waals surface area contributed by atoms with Crippen LogP contribution in [0.3, 0.4) is 0 Å². The number of likely N-dealkylation sites (tertiary alicyclic amines) is 1. The van der Waals surface area contributed by atoms with E-state index in [1.807, 2.05) is 0 Å². The van der Waals surface area contributed by atoms with Crippen molar-refractivity contribution < 1.29 is 0 Å². The summed E-state index contributed by atoms with van der Waals surface area (Å²) in [5.74, 6) is 1.80. The number of nitrogens with zero attached hydrogens (tertiary/aromatic N) is 1. The third kappa shape index (κ3) is 1.96. The van der Waals surface area contributed by atoms with Crippen LogP contribution >= 0.6 is 0 Å². The van der Waals surface area contributed by atoms with Crippen LogP contribution < -0.4 is 0 Å². The smallest absolute Gasteiger partial charge is 0.0118 e. The van der Waals surface area contributed by atoms with Crippen molar-refractivity contribution in [2.24, 2.45) is 11.8 Å². The fourth-order valence-electron chi connectivity index (χ4n) is 2.22. The summed E-state index contributed by atoms with van der Waals surface area (Å²) in [6.45, 7) is 8.29. The molecule has 2 atom stereocenters. The van der Waals surface area contributed by atoms with Crippen LogP contribution in [0.15, 0.2) is 0 Å². The lowest BCUT2D eigenvalue weighted by Gasteiger charge is -2.22. The van der Waals surface area contributed by atoms with Gasteiger partial charge in [-0.15, -0.1) is 0 Å². The average Bonchev–Trinajstić information content (AvgIpc) is 2.30. The van der Waals surface area contributed by atoms with E-state index in [1.165, 1.54) is 19.4 Å². The van der Waals surface area contributed by atoms with Crippen LogP contribution in [0.2, 0.25) is 0 Å². The fourth-order valence-corrected chi connectivity index (χ4v) is 2.22. The average molecular weight is 155 g/mol. The van der Waals surface area contributed by atoms with Crippen LogP contribution in [0, 0.1) is 11.8 Å². The third-order valence-corrected chi connectivity index (χ3v) is 3.03. The molecule has 11 heavy (non-hydrogen) atoms. The molecule has 0 aliphatic carbocycles. The van der Waals surface area contributed by atoms with Gasteiger partial charge in [-0.2, -0.15) is 0 Å². The SMILES string of the molecule is CCC1CC(C(C)C)N(C)C1. The van der Waals surface area contributed by atoms with Gasteiger partial charge in [0.25, 0.3) is 0 Å². The third-order valence-electron chi connectivity index (χ3n) is 3.03. The molecule has 2 unspecified atom stereocenters. The lowest BCUT2D eigenvalue weighted by atomic mass is 9.96. The number of rotatable bonds is 2. The van der Waals surface area contributed by atoms with E-state index in [-0.39, 0.29) is 0 Å². The van der Waals surface area contributed by atoms with Crippen LogP contribution in [-0.4, -0.2) is 24.5 Å². The number of hydrogen-bond donors (Lipinski definition) is 0. The van der Waals surface area contributed by atoms with E-state index in [0.29, 0.717) is 0 Å². The summed E-state index contributed by atoms with van der Waals surface area (Å²) in [4.78, 5) is 2.53. The molecule has 0 aromatic rings. The Kier molecular flexibility index (Phi) is 2.94. The summed E-state index contributed by atoms with van der Waals surface area (Å²) in [6.07, 6.45) is 2.78. The summed E-state index contributed by atoms with van der Waals surface area (Å²) in [5, 5.41) is 0. The summed E-state index contributed by atoms with van der Waals surface area (Å²) < 4.78 is 0. The van der Waals surface area contributed by atoms with Gasteiger partial charge in [0.1, 0.15) is 0 Å². The Morgan fingerprint density at radius 1 is 1.45 bits per heavy atom. The van der Waals surface area contributed by atoms with E-state index in [0.717, 1.165) is 17.9 Å². The summed E-state index contributed by atoms with van der Waals surface area (Å²) in [5.41, 5.74) is 0. The first-order valence-corrected chi connectivity index (χ1v) is 4.85. The Labute approximate surface area is 70.8 Å². The maximum absolute atomic E-state index is 2.53. The van der Waals surface area contributed by atoms with Crippen molar-refractivity contribution in [1.29, 1.82) is 0 Å². The van der Waals surface area contributed by atoms with Crippen molar-refractivity contribution in [3.05, 3.63) is 0 Å². The Morgan fingerprint density at radius 2 is 2.09 bits per heavy atom. The van der Waals surface area contributed by atoms with Crippen molar-refractivity contribution in [3.63, 3.8) is 0 Å². The zero-order valence-corrected chi connectivity index (χ0v) is 8.30. The Morgan fingerprint density at radius 3 is 2.36 bits per heavy atom. The Bertz CT molecular complexity index is 120. The number of hydrogen-bond acceptors (Lipinski definition) is 1. The minimum Gasteiger partial charge on any atom is -0.303 e. The molecule has 0 saturated carbocycles. The van der Waals surface area contributed by atoms with Crippen LogP contribution in [0.25, 0.3) is 0 Å². The van der Waals surface area contributed by atoms with E-state index in [2.05, 4.69) is 32.7 Å². The molecule has 0 aromatic carbocycles. The van der Waals surface area contributed by atoms with Crippen LogP contribution in [0.5, 0.6) is 0 Å². The first kappa shape index (κ1) is 9.05. The molecule has 1 rings (SSSR count). The van der Waals surface area contributed by atoms with Gasteiger partial charge >= 0.3 is 0 Å². The molecule has 0 aromatic heterocycles. The standard InChI is InChI=1S/C10H21N/c1-5-9-6-10(8(2)3)11(4)7-9/h8-10H,5-7H2,1-4H3. The minimum absolute atomic E-state index is 0.830. The van der Waals surface area contributed by atoms with Crippen molar-refractivity contribution in [3.8, 4) is 0 Å². The van der Waals surface area contributed by atoms with Crippen LogP contribution in [-0.2, 0) is 0 Å². The molecule has 1 saturated heterocycles. The largest absolute Gasteiger partial charge is 0.303 e. The highest BCUT2D eigenvalue weighted by atomic mass is 15.2. The van der Waals surface area contributed by atoms with Gasteiger partial charge in [0.15, 0.2) is 0 Å². The highest BCUT2D eigenvalue weighted by molar-refractivity contribution is 4.84. The molecule has 0 N–H and O–H groups in total. The molecule has 1 aliphatic heterocycles. The zero-order valence-electron chi connectivity index (χ0n) is 8.30. The Hall–Kier alpha value is -0.0400. The molecule has 1 fully saturated rings. The quantitative estimate of drug-likeness (QED) is 0.592. The van der Waals surface area contributed by atoms with Gasteiger partial charge in [0.2, 0.25) is 0 Å². The highest BCUT2D eigenvalue weighted by Gasteiger charge is 2.29. The van der Waals surface area contributed by atoms with Gasteiger partial charge in [0, 0.05) is 12.6 Å². The van der Waals surface area contributed by atoms with E-state index in [9.17, 15) is 0 Å². The monoisotopic (exact) mass is 155 g/mol. The van der Waals surface area contributed by atoms with E-state index in [1.54, 1.807) is 0 Å². The minimum atomic E-state index is 0.830. The molecular formula is C10H21N. The van der Waals surface area contributed by atoms with Gasteiger partial charge < -0.3 is 4.90 Å². The summed E-state index contributed by atoms with van der Waals surface area (Å²) in [7, 11) is 2.26. The van der Waals surface area contributed by atoms with E-state index < -0.39 is 0 Å². The topological polar surface area (TPSA) is 3.24 Å². The second-order valence-electron chi connectivity index (χ2n) is 4.26. The molecule has 0 bridgehead atoms. The van der Waals surface area contributed by atoms with Crippen molar-refractivity contribution in [2.75, 3.05) is 13.6 Å². The fraction of sp³-hybridized carbons (Fsp3) is 1.00. The molecule has 0 spiro atoms. The normalized spacial score (nSPS) is 33.5. The van der Waals surface area contributed by atoms with Gasteiger partial charge in [0.05, 0.1) is 0 Å². The first-order chi connectivity index (χ1) is 5.15. The van der Waals surface area contributed by atoms with Crippen LogP contribution in [0.4, 0.5) is 0 Å². The highest BCUT2D eigenvalue weighted by Crippen LogP contribution is 2.28. The summed E-state index contributed by atoms with van der Waals surface area (Å²) in [6, 6.07) is 0.847. The summed E-state index contributed by atoms with van der Waals surface area (Å²) >= 11 is 0. The van der Waals surface area contributed by atoms with Crippen molar-refractivity contribution in [2.45, 2.75) is 39.7 Å². The zero-order chi connectivity index (χ0) is 8.43. The predicted molar refractivity (Wildman–Crippen MR) is 49.7 cm³/mol. The molecule has 1 heterocycles. The van der Waals surface area contributed by atoms with Crippen molar-refractivity contribution >= 4 is 0 Å². The second-order valence-corrected chi connectivity index (χ2v) is 4.26. The van der Waals surface area contributed by atoms with Gasteiger partial charge in [-0.1, -0.05) is 27.2 Å². The van der Waals surface area contributed by atoms with Gasteiger partial charge in [-0.25, -0.2) is 0 Å². The molecular weight excluding hydrogens is 134 g/mol. The molecule has 66 valence electrons. The first-order valence-electron chi connectivity index (χ1n) is 4.85. The van der Waals surface area contributed by atoms with Crippen LogP contribution in [0.1, 0.15) is 33.6 Å². The Balaban J connectivity index is 2.45. The predicted octanol–water partition coefficient (Wildman–Crippen LogP) is 2.37. The molecule has 1 nitrogen and oxygen atoms in total.